The number of benzene rings is 1. The van der Waals surface area contributed by atoms with E-state index in [-0.39, 0.29) is 5.75 Å². The van der Waals surface area contributed by atoms with Crippen LogP contribution in [0.1, 0.15) is 31.7 Å². The van der Waals surface area contributed by atoms with Crippen molar-refractivity contribution in [2.24, 2.45) is 0 Å². The van der Waals surface area contributed by atoms with E-state index in [1.165, 1.54) is 5.56 Å². The topological polar surface area (TPSA) is 64.6 Å². The summed E-state index contributed by atoms with van der Waals surface area (Å²) in [5.74, 6) is 1.81. The molecule has 0 saturated heterocycles. The van der Waals surface area contributed by atoms with E-state index in [9.17, 15) is 8.42 Å². The van der Waals surface area contributed by atoms with E-state index in [0.717, 1.165) is 30.8 Å². The van der Waals surface area contributed by atoms with Gasteiger partial charge >= 0.3 is 0 Å². The van der Waals surface area contributed by atoms with E-state index >= 15 is 0 Å². The van der Waals surface area contributed by atoms with Crippen LogP contribution in [0, 0.1) is 0 Å². The van der Waals surface area contributed by atoms with Crippen molar-refractivity contribution in [1.29, 1.82) is 0 Å². The van der Waals surface area contributed by atoms with Gasteiger partial charge < -0.3 is 9.47 Å². The predicted molar refractivity (Wildman–Crippen MR) is 82.5 cm³/mol. The standard InChI is InChI=1S/C15H23NO4S/c1-2-11-21(17,18)16-8-4-3-5-13-6-7-14-15(12-13)20-10-9-19-14/h6-7,12,16H,2-5,8-11H2,1H3. The van der Waals surface area contributed by atoms with Gasteiger partial charge in [-0.25, -0.2) is 13.1 Å². The number of unbranched alkanes of at least 4 members (excludes halogenated alkanes) is 1. The normalized spacial score (nSPS) is 14.1. The summed E-state index contributed by atoms with van der Waals surface area (Å²) >= 11 is 0. The maximum absolute atomic E-state index is 11.5. The van der Waals surface area contributed by atoms with Crippen molar-refractivity contribution in [3.63, 3.8) is 0 Å². The zero-order valence-corrected chi connectivity index (χ0v) is 13.2. The van der Waals surface area contributed by atoms with Crippen LogP contribution in [-0.4, -0.2) is 33.9 Å². The molecule has 1 heterocycles. The Kier molecular flexibility index (Phi) is 5.87. The van der Waals surface area contributed by atoms with E-state index in [1.807, 2.05) is 25.1 Å². The molecular weight excluding hydrogens is 290 g/mol. The molecule has 0 bridgehead atoms. The molecule has 2 rings (SSSR count). The Bertz CT molecular complexity index is 557. The number of rotatable bonds is 8. The fraction of sp³-hybridized carbons (Fsp3) is 0.600. The van der Waals surface area contributed by atoms with Crippen LogP contribution in [0.2, 0.25) is 0 Å². The average Bonchev–Trinajstić information content (AvgIpc) is 2.46. The zero-order valence-electron chi connectivity index (χ0n) is 12.4. The molecule has 0 saturated carbocycles. The second-order valence-corrected chi connectivity index (χ2v) is 7.07. The number of sulfonamides is 1. The Morgan fingerprint density at radius 2 is 1.90 bits per heavy atom. The molecule has 0 spiro atoms. The smallest absolute Gasteiger partial charge is 0.211 e. The Hall–Kier alpha value is -1.27. The molecular formula is C15H23NO4S. The lowest BCUT2D eigenvalue weighted by Crippen LogP contribution is -2.27. The zero-order chi connectivity index (χ0) is 15.1. The number of ether oxygens (including phenoxy) is 2. The first-order chi connectivity index (χ1) is 10.1. The van der Waals surface area contributed by atoms with E-state index in [2.05, 4.69) is 4.72 Å². The first kappa shape index (κ1) is 16.1. The Labute approximate surface area is 126 Å². The Balaban J connectivity index is 1.72. The van der Waals surface area contributed by atoms with Crippen LogP contribution in [0.4, 0.5) is 0 Å². The number of nitrogens with one attached hydrogen (secondary N) is 1. The van der Waals surface area contributed by atoms with Crippen molar-refractivity contribution in [2.45, 2.75) is 32.6 Å². The number of hydrogen-bond donors (Lipinski definition) is 1. The Morgan fingerprint density at radius 1 is 1.14 bits per heavy atom. The van der Waals surface area contributed by atoms with Crippen molar-refractivity contribution in [1.82, 2.24) is 4.72 Å². The van der Waals surface area contributed by atoms with Gasteiger partial charge in [0.2, 0.25) is 10.0 Å². The molecule has 21 heavy (non-hydrogen) atoms. The van der Waals surface area contributed by atoms with Gasteiger partial charge in [0.25, 0.3) is 0 Å². The Morgan fingerprint density at radius 3 is 2.67 bits per heavy atom. The summed E-state index contributed by atoms with van der Waals surface area (Å²) in [6, 6.07) is 5.98. The monoisotopic (exact) mass is 313 g/mol. The van der Waals surface area contributed by atoms with Crippen molar-refractivity contribution in [3.8, 4) is 11.5 Å². The summed E-state index contributed by atoms with van der Waals surface area (Å²) in [5.41, 5.74) is 1.19. The van der Waals surface area contributed by atoms with Gasteiger partial charge in [-0.05, 0) is 43.4 Å². The largest absolute Gasteiger partial charge is 0.486 e. The lowest BCUT2D eigenvalue weighted by molar-refractivity contribution is 0.171. The van der Waals surface area contributed by atoms with Crippen LogP contribution in [0.25, 0.3) is 0 Å². The van der Waals surface area contributed by atoms with Crippen molar-refractivity contribution in [3.05, 3.63) is 23.8 Å². The average molecular weight is 313 g/mol. The molecule has 0 amide bonds. The fourth-order valence-electron chi connectivity index (χ4n) is 2.27. The maximum atomic E-state index is 11.5. The van der Waals surface area contributed by atoms with Gasteiger partial charge in [0.05, 0.1) is 5.75 Å². The third-order valence-corrected chi connectivity index (χ3v) is 4.88. The molecule has 6 heteroatoms. The van der Waals surface area contributed by atoms with Crippen LogP contribution in [-0.2, 0) is 16.4 Å². The van der Waals surface area contributed by atoms with E-state index in [1.54, 1.807) is 0 Å². The highest BCUT2D eigenvalue weighted by Gasteiger charge is 2.11. The quantitative estimate of drug-likeness (QED) is 0.747. The molecule has 1 aliphatic rings. The van der Waals surface area contributed by atoms with E-state index < -0.39 is 10.0 Å². The first-order valence-electron chi connectivity index (χ1n) is 7.46. The molecule has 0 unspecified atom stereocenters. The second kappa shape index (κ2) is 7.66. The van der Waals surface area contributed by atoms with Crippen LogP contribution in [0.15, 0.2) is 18.2 Å². The lowest BCUT2D eigenvalue weighted by atomic mass is 10.1. The van der Waals surface area contributed by atoms with Crippen molar-refractivity contribution in [2.75, 3.05) is 25.5 Å². The lowest BCUT2D eigenvalue weighted by Gasteiger charge is -2.18. The van der Waals surface area contributed by atoms with Gasteiger partial charge in [0.1, 0.15) is 13.2 Å². The minimum atomic E-state index is -3.08. The van der Waals surface area contributed by atoms with E-state index in [4.69, 9.17) is 9.47 Å². The van der Waals surface area contributed by atoms with Crippen LogP contribution in [0.5, 0.6) is 11.5 Å². The van der Waals surface area contributed by atoms with Crippen LogP contribution < -0.4 is 14.2 Å². The first-order valence-corrected chi connectivity index (χ1v) is 9.12. The molecule has 5 nitrogen and oxygen atoms in total. The highest BCUT2D eigenvalue weighted by Crippen LogP contribution is 2.31. The van der Waals surface area contributed by atoms with Crippen molar-refractivity contribution >= 4 is 10.0 Å². The molecule has 0 atom stereocenters. The van der Waals surface area contributed by atoms with Gasteiger partial charge in [-0.2, -0.15) is 0 Å². The summed E-state index contributed by atoms with van der Waals surface area (Å²) in [7, 11) is -3.08. The summed E-state index contributed by atoms with van der Waals surface area (Å²) in [5, 5.41) is 0. The summed E-state index contributed by atoms with van der Waals surface area (Å²) < 4.78 is 36.6. The molecule has 0 radical (unpaired) electrons. The second-order valence-electron chi connectivity index (χ2n) is 5.15. The molecule has 1 N–H and O–H groups in total. The van der Waals surface area contributed by atoms with Crippen LogP contribution >= 0.6 is 0 Å². The van der Waals surface area contributed by atoms with Gasteiger partial charge in [-0.1, -0.05) is 13.0 Å². The summed E-state index contributed by atoms with van der Waals surface area (Å²) in [6.07, 6.45) is 3.32. The molecule has 0 aromatic heterocycles. The number of aryl methyl sites for hydroxylation is 1. The molecule has 1 aromatic carbocycles. The molecule has 0 fully saturated rings. The van der Waals surface area contributed by atoms with Crippen LogP contribution in [0.3, 0.4) is 0 Å². The molecule has 1 aliphatic heterocycles. The van der Waals surface area contributed by atoms with Gasteiger partial charge in [0, 0.05) is 6.54 Å². The molecule has 0 aliphatic carbocycles. The highest BCUT2D eigenvalue weighted by molar-refractivity contribution is 7.89. The van der Waals surface area contributed by atoms with Gasteiger partial charge in [0.15, 0.2) is 11.5 Å². The minimum Gasteiger partial charge on any atom is -0.486 e. The third-order valence-electron chi connectivity index (χ3n) is 3.29. The predicted octanol–water partition coefficient (Wildman–Crippen LogP) is 2.11. The fourth-order valence-corrected chi connectivity index (χ4v) is 3.40. The molecule has 1 aromatic rings. The number of hydrogen-bond acceptors (Lipinski definition) is 4. The molecule has 118 valence electrons. The third kappa shape index (κ3) is 5.21. The van der Waals surface area contributed by atoms with Gasteiger partial charge in [-0.15, -0.1) is 0 Å². The summed E-state index contributed by atoms with van der Waals surface area (Å²) in [4.78, 5) is 0. The van der Waals surface area contributed by atoms with Gasteiger partial charge in [-0.3, -0.25) is 0 Å². The maximum Gasteiger partial charge on any atom is 0.211 e. The minimum absolute atomic E-state index is 0.204. The number of fused-ring (bicyclic) bond motifs is 1. The van der Waals surface area contributed by atoms with E-state index in [0.29, 0.717) is 26.2 Å². The SMILES string of the molecule is CCCS(=O)(=O)NCCCCc1ccc2c(c1)OCCO2. The summed E-state index contributed by atoms with van der Waals surface area (Å²) in [6.45, 7) is 3.56. The highest BCUT2D eigenvalue weighted by atomic mass is 32.2. The van der Waals surface area contributed by atoms with Crippen molar-refractivity contribution < 1.29 is 17.9 Å².